The molecule has 1 N–H and O–H groups in total. The van der Waals surface area contributed by atoms with Crippen LogP contribution in [0.5, 0.6) is 0 Å². The molecule has 0 radical (unpaired) electrons. The fraction of sp³-hybridized carbons (Fsp3) is 0.556. The normalized spacial score (nSPS) is 21.4. The van der Waals surface area contributed by atoms with Crippen LogP contribution in [-0.2, 0) is 0 Å². The predicted molar refractivity (Wildman–Crippen MR) is 89.9 cm³/mol. The zero-order valence-electron chi connectivity index (χ0n) is 12.9. The molecule has 0 amide bonds. The van der Waals surface area contributed by atoms with Crippen LogP contribution in [0.2, 0.25) is 0 Å². The summed E-state index contributed by atoms with van der Waals surface area (Å²) in [4.78, 5) is 5.08. The van der Waals surface area contributed by atoms with E-state index in [2.05, 4.69) is 52.0 Å². The lowest BCUT2D eigenvalue weighted by atomic mass is 10.0. The van der Waals surface area contributed by atoms with Crippen LogP contribution in [0.1, 0.15) is 30.9 Å². The predicted octanol–water partition coefficient (Wildman–Crippen LogP) is 2.81. The lowest BCUT2D eigenvalue weighted by molar-refractivity contribution is 0.174. The van der Waals surface area contributed by atoms with E-state index < -0.39 is 0 Å². The second kappa shape index (κ2) is 7.10. The highest BCUT2D eigenvalue weighted by Gasteiger charge is 2.21. The molecule has 2 fully saturated rings. The largest absolute Gasteiger partial charge is 0.372 e. The van der Waals surface area contributed by atoms with E-state index in [0.29, 0.717) is 6.04 Å². The molecule has 2 aliphatic heterocycles. The summed E-state index contributed by atoms with van der Waals surface area (Å²) in [6.07, 6.45) is 5.76. The molecule has 0 aliphatic carbocycles. The summed E-state index contributed by atoms with van der Waals surface area (Å²) in [6.45, 7) is 10.8. The Hall–Kier alpha value is -1.32. The number of anilines is 1. The Labute approximate surface area is 128 Å². The van der Waals surface area contributed by atoms with Crippen LogP contribution in [0.15, 0.2) is 36.9 Å². The molecule has 1 aromatic carbocycles. The van der Waals surface area contributed by atoms with E-state index in [4.69, 9.17) is 0 Å². The number of nitrogens with zero attached hydrogens (tertiary/aromatic N) is 2. The van der Waals surface area contributed by atoms with E-state index in [0.717, 1.165) is 32.6 Å². The Kier molecular flexibility index (Phi) is 4.94. The van der Waals surface area contributed by atoms with Gasteiger partial charge in [0.15, 0.2) is 0 Å². The summed E-state index contributed by atoms with van der Waals surface area (Å²) >= 11 is 0. The second-order valence-electron chi connectivity index (χ2n) is 6.11. The number of hydrogen-bond acceptors (Lipinski definition) is 3. The summed E-state index contributed by atoms with van der Waals surface area (Å²) < 4.78 is 0. The minimum atomic E-state index is 0.484. The first kappa shape index (κ1) is 14.6. The van der Waals surface area contributed by atoms with E-state index in [1.54, 1.807) is 0 Å². The molecule has 2 saturated heterocycles. The fourth-order valence-corrected chi connectivity index (χ4v) is 3.53. The molecular weight excluding hydrogens is 258 g/mol. The molecule has 0 unspecified atom stereocenters. The molecule has 114 valence electrons. The Morgan fingerprint density at radius 2 is 1.71 bits per heavy atom. The zero-order valence-corrected chi connectivity index (χ0v) is 12.9. The Morgan fingerprint density at radius 1 is 1.05 bits per heavy atom. The molecule has 2 heterocycles. The standard InChI is InChI=1S/C18H27N3/c1-2-5-18(21-14-10-19-11-15-21)16-6-8-17(9-7-16)20-12-3-4-13-20/h2,6-9,18-19H,1,3-5,10-15H2/t18-/m1/s1. The van der Waals surface area contributed by atoms with E-state index in [1.165, 1.54) is 37.2 Å². The second-order valence-corrected chi connectivity index (χ2v) is 6.11. The van der Waals surface area contributed by atoms with E-state index in [9.17, 15) is 0 Å². The van der Waals surface area contributed by atoms with Crippen molar-refractivity contribution in [2.45, 2.75) is 25.3 Å². The lowest BCUT2D eigenvalue weighted by Crippen LogP contribution is -2.45. The highest BCUT2D eigenvalue weighted by atomic mass is 15.2. The molecule has 0 aromatic heterocycles. The highest BCUT2D eigenvalue weighted by molar-refractivity contribution is 5.48. The van der Waals surface area contributed by atoms with Crippen LogP contribution in [-0.4, -0.2) is 44.2 Å². The van der Waals surface area contributed by atoms with Crippen molar-refractivity contribution in [1.29, 1.82) is 0 Å². The van der Waals surface area contributed by atoms with Gasteiger partial charge in [-0.1, -0.05) is 18.2 Å². The van der Waals surface area contributed by atoms with Gasteiger partial charge in [-0.2, -0.15) is 0 Å². The van der Waals surface area contributed by atoms with Gasteiger partial charge < -0.3 is 10.2 Å². The molecule has 2 aliphatic rings. The summed E-state index contributed by atoms with van der Waals surface area (Å²) in [7, 11) is 0. The van der Waals surface area contributed by atoms with Gasteiger partial charge in [-0.25, -0.2) is 0 Å². The first-order valence-corrected chi connectivity index (χ1v) is 8.29. The molecule has 1 atom stereocenters. The van der Waals surface area contributed by atoms with Gasteiger partial charge in [-0.3, -0.25) is 4.90 Å². The molecular formula is C18H27N3. The van der Waals surface area contributed by atoms with Crippen LogP contribution in [0.25, 0.3) is 0 Å². The molecule has 3 nitrogen and oxygen atoms in total. The van der Waals surface area contributed by atoms with Crippen LogP contribution < -0.4 is 10.2 Å². The lowest BCUT2D eigenvalue weighted by Gasteiger charge is -2.35. The van der Waals surface area contributed by atoms with Crippen LogP contribution >= 0.6 is 0 Å². The third-order valence-electron chi connectivity index (χ3n) is 4.73. The van der Waals surface area contributed by atoms with Crippen molar-refractivity contribution >= 4 is 5.69 Å². The summed E-state index contributed by atoms with van der Waals surface area (Å²) in [6, 6.07) is 9.74. The van der Waals surface area contributed by atoms with Gasteiger partial charge in [0, 0.05) is 51.0 Å². The van der Waals surface area contributed by atoms with E-state index in [-0.39, 0.29) is 0 Å². The van der Waals surface area contributed by atoms with Crippen molar-refractivity contribution in [3.63, 3.8) is 0 Å². The maximum Gasteiger partial charge on any atom is 0.0383 e. The van der Waals surface area contributed by atoms with Crippen molar-refractivity contribution in [3.8, 4) is 0 Å². The molecule has 21 heavy (non-hydrogen) atoms. The van der Waals surface area contributed by atoms with Gasteiger partial charge in [0.1, 0.15) is 0 Å². The first-order valence-electron chi connectivity index (χ1n) is 8.29. The Bertz CT molecular complexity index is 442. The fourth-order valence-electron chi connectivity index (χ4n) is 3.53. The monoisotopic (exact) mass is 285 g/mol. The maximum atomic E-state index is 3.95. The average Bonchev–Trinajstić information content (AvgIpc) is 3.08. The summed E-state index contributed by atoms with van der Waals surface area (Å²) in [5.41, 5.74) is 2.81. The molecule has 3 heteroatoms. The van der Waals surface area contributed by atoms with Gasteiger partial charge in [0.25, 0.3) is 0 Å². The Balaban J connectivity index is 1.73. The van der Waals surface area contributed by atoms with Gasteiger partial charge in [0.05, 0.1) is 0 Å². The number of benzene rings is 1. The molecule has 1 aromatic rings. The van der Waals surface area contributed by atoms with Crippen molar-refractivity contribution in [3.05, 3.63) is 42.5 Å². The minimum Gasteiger partial charge on any atom is -0.372 e. The number of rotatable bonds is 5. The first-order chi connectivity index (χ1) is 10.4. The van der Waals surface area contributed by atoms with Gasteiger partial charge >= 0.3 is 0 Å². The number of piperazine rings is 1. The molecule has 0 spiro atoms. The Morgan fingerprint density at radius 3 is 2.33 bits per heavy atom. The third-order valence-corrected chi connectivity index (χ3v) is 4.73. The van der Waals surface area contributed by atoms with Gasteiger partial charge in [-0.15, -0.1) is 6.58 Å². The van der Waals surface area contributed by atoms with Gasteiger partial charge in [0.2, 0.25) is 0 Å². The third kappa shape index (κ3) is 3.47. The van der Waals surface area contributed by atoms with Crippen LogP contribution in [0.3, 0.4) is 0 Å². The molecule has 3 rings (SSSR count). The number of hydrogen-bond donors (Lipinski definition) is 1. The highest BCUT2D eigenvalue weighted by Crippen LogP contribution is 2.28. The van der Waals surface area contributed by atoms with E-state index >= 15 is 0 Å². The molecule has 0 bridgehead atoms. The summed E-state index contributed by atoms with van der Waals surface area (Å²) in [5, 5.41) is 3.44. The van der Waals surface area contributed by atoms with Gasteiger partial charge in [-0.05, 0) is 37.0 Å². The molecule has 0 saturated carbocycles. The van der Waals surface area contributed by atoms with Crippen LogP contribution in [0, 0.1) is 0 Å². The van der Waals surface area contributed by atoms with Crippen molar-refractivity contribution in [2.75, 3.05) is 44.2 Å². The van der Waals surface area contributed by atoms with Crippen molar-refractivity contribution in [1.82, 2.24) is 10.2 Å². The SMILES string of the molecule is C=CC[C@H](c1ccc(N2CCCC2)cc1)N1CCNCC1. The average molecular weight is 285 g/mol. The smallest absolute Gasteiger partial charge is 0.0383 e. The van der Waals surface area contributed by atoms with E-state index in [1.807, 2.05) is 0 Å². The topological polar surface area (TPSA) is 18.5 Å². The number of nitrogens with one attached hydrogen (secondary N) is 1. The maximum absolute atomic E-state index is 3.95. The minimum absolute atomic E-state index is 0.484. The van der Waals surface area contributed by atoms with Crippen molar-refractivity contribution in [2.24, 2.45) is 0 Å². The quantitative estimate of drug-likeness (QED) is 0.839. The zero-order chi connectivity index (χ0) is 14.5. The summed E-state index contributed by atoms with van der Waals surface area (Å²) in [5.74, 6) is 0. The van der Waals surface area contributed by atoms with Crippen LogP contribution in [0.4, 0.5) is 5.69 Å². The van der Waals surface area contributed by atoms with Crippen molar-refractivity contribution < 1.29 is 0 Å².